The molecule has 1 saturated heterocycles. The third kappa shape index (κ3) is 9.40. The van der Waals surface area contributed by atoms with E-state index >= 15 is 0 Å². The van der Waals surface area contributed by atoms with Crippen molar-refractivity contribution in [3.05, 3.63) is 87.9 Å². The van der Waals surface area contributed by atoms with Crippen molar-refractivity contribution in [1.29, 1.82) is 0 Å². The van der Waals surface area contributed by atoms with Crippen molar-refractivity contribution in [2.45, 2.75) is 71.3 Å². The maximum atomic E-state index is 12.9. The van der Waals surface area contributed by atoms with E-state index in [2.05, 4.69) is 51.7 Å². The molecule has 49 heavy (non-hydrogen) atoms. The number of nitrogens with zero attached hydrogens (tertiary/aromatic N) is 3. The van der Waals surface area contributed by atoms with E-state index in [0.29, 0.717) is 44.5 Å². The third-order valence-electron chi connectivity index (χ3n) is 9.66. The van der Waals surface area contributed by atoms with Crippen molar-refractivity contribution in [2.75, 3.05) is 50.8 Å². The standard InChI is InChI=1S/C40H49N4O4S.H2/c1-2-3-4-5-13-39(46)41-19-9-11-37(45)34-27-31(34)29-44-36-28-32(16-14-30(36)15-17-40(44)47)48-25-7-6-20-42-21-23-43(24-22-42)35-10-8-12-38-33(35)18-26-49-38;/h8,10,12,14-18,26-28H,2-7,9,11,13,19-25,29H2,1H3,(H,41,46);1H. The molecule has 0 atom stereocenters. The van der Waals surface area contributed by atoms with Crippen LogP contribution >= 0.6 is 11.3 Å². The Labute approximate surface area is 295 Å². The second-order valence-corrected chi connectivity index (χ2v) is 14.2. The fourth-order valence-corrected chi connectivity index (χ4v) is 7.53. The molecule has 1 N–H and O–H groups in total. The quantitative estimate of drug-likeness (QED) is 0.104. The highest BCUT2D eigenvalue weighted by Gasteiger charge is 2.28. The predicted molar refractivity (Wildman–Crippen MR) is 203 cm³/mol. The van der Waals surface area contributed by atoms with Gasteiger partial charge in [0.25, 0.3) is 5.56 Å². The van der Waals surface area contributed by atoms with Crippen LogP contribution in [0.2, 0.25) is 0 Å². The first-order chi connectivity index (χ1) is 24.0. The van der Waals surface area contributed by atoms with Crippen LogP contribution in [-0.2, 0) is 16.1 Å². The number of pyridine rings is 1. The first-order valence-electron chi connectivity index (χ1n) is 18.1. The molecule has 2 aromatic carbocycles. The zero-order chi connectivity index (χ0) is 34.0. The predicted octanol–water partition coefficient (Wildman–Crippen LogP) is 7.39. The second kappa shape index (κ2) is 17.1. The summed E-state index contributed by atoms with van der Waals surface area (Å²) < 4.78 is 9.23. The number of fused-ring (bicyclic) bond motifs is 2. The van der Waals surface area contributed by atoms with Crippen molar-refractivity contribution >= 4 is 49.7 Å². The van der Waals surface area contributed by atoms with Crippen LogP contribution in [0.15, 0.2) is 75.9 Å². The molecule has 0 spiro atoms. The lowest BCUT2D eigenvalue weighted by molar-refractivity contribution is -0.121. The highest BCUT2D eigenvalue weighted by atomic mass is 32.1. The maximum absolute atomic E-state index is 12.9. The van der Waals surface area contributed by atoms with Crippen LogP contribution in [0.4, 0.5) is 5.69 Å². The molecule has 1 amide bonds. The Morgan fingerprint density at radius 2 is 1.78 bits per heavy atom. The molecular weight excluding hydrogens is 633 g/mol. The molecule has 9 heteroatoms. The number of aromatic nitrogens is 1. The number of thiophene rings is 1. The van der Waals surface area contributed by atoms with E-state index in [1.54, 1.807) is 22.0 Å². The number of Topliss-reactive ketones (excluding diaryl/α,β-unsaturated/α-hetero) is 1. The largest absolute Gasteiger partial charge is 0.494 e. The van der Waals surface area contributed by atoms with Gasteiger partial charge in [0, 0.05) is 93.4 Å². The van der Waals surface area contributed by atoms with E-state index in [-0.39, 0.29) is 18.7 Å². The SMILES string of the molecule is CCCCCCC(=O)NCCCC(=O)C1=C(Cn2c(=O)ccc3ccc(OCCCCN4CCN(c5cccc6sccc56)CC4)cc32)[CH]1.[HH]. The lowest BCUT2D eigenvalue weighted by Crippen LogP contribution is -2.46. The van der Waals surface area contributed by atoms with Crippen molar-refractivity contribution in [2.24, 2.45) is 0 Å². The van der Waals surface area contributed by atoms with Crippen LogP contribution in [0.25, 0.3) is 21.0 Å². The summed E-state index contributed by atoms with van der Waals surface area (Å²) in [6.45, 7) is 8.96. The van der Waals surface area contributed by atoms with Crippen molar-refractivity contribution in [3.63, 3.8) is 0 Å². The Hall–Kier alpha value is -3.95. The van der Waals surface area contributed by atoms with E-state index in [4.69, 9.17) is 4.74 Å². The summed E-state index contributed by atoms with van der Waals surface area (Å²) in [5.41, 5.74) is 3.68. The number of rotatable bonds is 19. The summed E-state index contributed by atoms with van der Waals surface area (Å²) in [6, 6.07) is 18.2. The molecule has 8 nitrogen and oxygen atoms in total. The van der Waals surface area contributed by atoms with E-state index in [1.165, 1.54) is 15.8 Å². The van der Waals surface area contributed by atoms with Gasteiger partial charge < -0.3 is 19.5 Å². The molecule has 3 heterocycles. The lowest BCUT2D eigenvalue weighted by Gasteiger charge is -2.36. The van der Waals surface area contributed by atoms with Crippen molar-refractivity contribution in [3.8, 4) is 5.75 Å². The van der Waals surface area contributed by atoms with Gasteiger partial charge in [0.1, 0.15) is 5.75 Å². The van der Waals surface area contributed by atoms with E-state index in [0.717, 1.165) is 93.5 Å². The minimum absolute atomic E-state index is 0. The number of anilines is 1. The molecule has 261 valence electrons. The number of benzene rings is 2. The van der Waals surface area contributed by atoms with Crippen LogP contribution in [0.1, 0.15) is 66.1 Å². The van der Waals surface area contributed by atoms with Gasteiger partial charge in [0.2, 0.25) is 5.91 Å². The highest BCUT2D eigenvalue weighted by Crippen LogP contribution is 2.34. The highest BCUT2D eigenvalue weighted by molar-refractivity contribution is 7.17. The molecule has 0 unspecified atom stereocenters. The third-order valence-corrected chi connectivity index (χ3v) is 10.5. The molecule has 2 aliphatic rings. The number of piperazine rings is 1. The van der Waals surface area contributed by atoms with Crippen LogP contribution in [0, 0.1) is 6.42 Å². The van der Waals surface area contributed by atoms with Gasteiger partial charge in [-0.15, -0.1) is 11.3 Å². The summed E-state index contributed by atoms with van der Waals surface area (Å²) in [5, 5.41) is 7.43. The van der Waals surface area contributed by atoms with Crippen LogP contribution < -0.4 is 20.5 Å². The monoisotopic (exact) mass is 683 g/mol. The number of nitrogens with one attached hydrogen (secondary N) is 1. The minimum Gasteiger partial charge on any atom is -0.494 e. The molecule has 1 aliphatic carbocycles. The van der Waals surface area contributed by atoms with Crippen LogP contribution in [0.3, 0.4) is 0 Å². The Kier molecular flexibility index (Phi) is 12.2. The Morgan fingerprint density at radius 3 is 2.63 bits per heavy atom. The normalized spacial score (nSPS) is 14.9. The fraction of sp³-hybridized carbons (Fsp3) is 0.450. The number of allylic oxidation sites excluding steroid dienone is 2. The van der Waals surface area contributed by atoms with Gasteiger partial charge in [0.15, 0.2) is 5.78 Å². The van der Waals surface area contributed by atoms with Crippen molar-refractivity contribution in [1.82, 2.24) is 14.8 Å². The average Bonchev–Trinajstić information content (AvgIpc) is 3.73. The number of unbranched alkanes of at least 4 members (excludes halogenated alkanes) is 4. The Balaban J connectivity index is 0.00000486. The Morgan fingerprint density at radius 1 is 0.918 bits per heavy atom. The summed E-state index contributed by atoms with van der Waals surface area (Å²) in [6.07, 6.45) is 9.77. The van der Waals surface area contributed by atoms with E-state index in [1.807, 2.05) is 30.7 Å². The zero-order valence-corrected chi connectivity index (χ0v) is 29.6. The van der Waals surface area contributed by atoms with Gasteiger partial charge >= 0.3 is 0 Å². The summed E-state index contributed by atoms with van der Waals surface area (Å²) in [5.74, 6) is 0.885. The molecule has 4 aromatic rings. The van der Waals surface area contributed by atoms with Crippen LogP contribution in [0.5, 0.6) is 5.75 Å². The van der Waals surface area contributed by atoms with Crippen molar-refractivity contribution < 1.29 is 15.8 Å². The molecule has 1 fully saturated rings. The maximum Gasteiger partial charge on any atom is 0.251 e. The number of ether oxygens (including phenoxy) is 1. The summed E-state index contributed by atoms with van der Waals surface area (Å²) >= 11 is 1.81. The van der Waals surface area contributed by atoms with E-state index < -0.39 is 0 Å². The molecule has 1 aliphatic heterocycles. The van der Waals surface area contributed by atoms with Crippen LogP contribution in [-0.4, -0.2) is 67.0 Å². The number of carbonyl (C=O) groups is 2. The van der Waals surface area contributed by atoms with Gasteiger partial charge in [-0.05, 0) is 85.0 Å². The zero-order valence-electron chi connectivity index (χ0n) is 28.8. The molecule has 6 rings (SSSR count). The number of hydrogen-bond acceptors (Lipinski definition) is 7. The molecule has 2 aromatic heterocycles. The average molecular weight is 684 g/mol. The van der Waals surface area contributed by atoms with Gasteiger partial charge in [-0.2, -0.15) is 0 Å². The van der Waals surface area contributed by atoms with E-state index in [9.17, 15) is 14.4 Å². The molecule has 0 bridgehead atoms. The summed E-state index contributed by atoms with van der Waals surface area (Å²) in [4.78, 5) is 42.7. The fourth-order valence-electron chi connectivity index (χ4n) is 6.73. The number of carbonyl (C=O) groups excluding carboxylic acids is 2. The minimum atomic E-state index is -0.0991. The number of ketones is 1. The first-order valence-corrected chi connectivity index (χ1v) is 19.0. The number of amides is 1. The molecular formula is C40H51N4O4S. The Bertz CT molecular complexity index is 1840. The number of hydrogen-bond donors (Lipinski definition) is 1. The van der Waals surface area contributed by atoms with Gasteiger partial charge in [0.05, 0.1) is 12.1 Å². The molecule has 0 saturated carbocycles. The smallest absolute Gasteiger partial charge is 0.251 e. The summed E-state index contributed by atoms with van der Waals surface area (Å²) in [7, 11) is 0. The second-order valence-electron chi connectivity index (χ2n) is 13.2. The molecule has 1 radical (unpaired) electrons. The van der Waals surface area contributed by atoms with Gasteiger partial charge in [-0.1, -0.05) is 32.3 Å². The van der Waals surface area contributed by atoms with Gasteiger partial charge in [-0.3, -0.25) is 19.3 Å². The first kappa shape index (κ1) is 34.9. The van der Waals surface area contributed by atoms with Gasteiger partial charge in [-0.25, -0.2) is 0 Å². The topological polar surface area (TPSA) is 83.9 Å². The lowest BCUT2D eigenvalue weighted by atomic mass is 10.1.